The molecule has 0 aromatic heterocycles. The largest absolute Gasteiger partial charge is 0.462 e. The van der Waals surface area contributed by atoms with Crippen molar-refractivity contribution in [3.63, 3.8) is 0 Å². The zero-order chi connectivity index (χ0) is 39.7. The second kappa shape index (κ2) is 41.1. The molecule has 0 heterocycles. The van der Waals surface area contributed by atoms with Gasteiger partial charge in [0, 0.05) is 19.3 Å². The molecule has 0 aliphatic rings. The second-order valence-corrected chi connectivity index (χ2v) is 17.1. The number of carbonyl (C=O) groups excluding carboxylic acids is 3. The van der Waals surface area contributed by atoms with Crippen molar-refractivity contribution in [3.05, 3.63) is 0 Å². The van der Waals surface area contributed by atoms with Gasteiger partial charge in [0.25, 0.3) is 0 Å². The first kappa shape index (κ1) is 52.4. The van der Waals surface area contributed by atoms with Gasteiger partial charge < -0.3 is 14.2 Å². The minimum absolute atomic E-state index is 0.0650. The Bertz CT molecular complexity index is 826. The molecule has 54 heavy (non-hydrogen) atoms. The molecule has 0 radical (unpaired) electrons. The highest BCUT2D eigenvalue weighted by Gasteiger charge is 2.19. The van der Waals surface area contributed by atoms with E-state index in [0.717, 1.165) is 69.6 Å². The van der Waals surface area contributed by atoms with Crippen molar-refractivity contribution in [1.82, 2.24) is 0 Å². The van der Waals surface area contributed by atoms with Gasteiger partial charge in [-0.3, -0.25) is 14.4 Å². The van der Waals surface area contributed by atoms with Crippen LogP contribution in [0.5, 0.6) is 0 Å². The van der Waals surface area contributed by atoms with Crippen molar-refractivity contribution in [2.45, 2.75) is 265 Å². The number of hydrogen-bond donors (Lipinski definition) is 0. The molecule has 0 aliphatic heterocycles. The Morgan fingerprint density at radius 3 is 1.06 bits per heavy atom. The van der Waals surface area contributed by atoms with E-state index in [-0.39, 0.29) is 31.1 Å². The maximum Gasteiger partial charge on any atom is 0.306 e. The highest BCUT2D eigenvalue weighted by molar-refractivity contribution is 5.71. The molecule has 0 aromatic carbocycles. The zero-order valence-electron chi connectivity index (χ0n) is 36.8. The summed E-state index contributed by atoms with van der Waals surface area (Å²) in [6.45, 7) is 11.3. The summed E-state index contributed by atoms with van der Waals surface area (Å²) in [6.07, 6.45) is 39.4. The third-order valence-corrected chi connectivity index (χ3v) is 11.1. The summed E-state index contributed by atoms with van der Waals surface area (Å²) in [5.41, 5.74) is 0. The third kappa shape index (κ3) is 40.1. The van der Waals surface area contributed by atoms with Crippen LogP contribution in [0.25, 0.3) is 0 Å². The summed E-state index contributed by atoms with van der Waals surface area (Å²) in [6, 6.07) is 0. The molecule has 0 aromatic rings. The maximum absolute atomic E-state index is 12.7. The molecule has 6 nitrogen and oxygen atoms in total. The van der Waals surface area contributed by atoms with Crippen LogP contribution >= 0.6 is 0 Å². The SMILES string of the molecule is CCCCCCCCCCCCCCC(=O)OC[C@H](COC(=O)CCCCCCCCC(C)CC)OC(=O)CCCCCCCCCCCCCC(C)C. The number of carbonyl (C=O) groups is 3. The smallest absolute Gasteiger partial charge is 0.306 e. The second-order valence-electron chi connectivity index (χ2n) is 17.1. The third-order valence-electron chi connectivity index (χ3n) is 11.1. The van der Waals surface area contributed by atoms with Crippen LogP contribution in [0.15, 0.2) is 0 Å². The topological polar surface area (TPSA) is 78.9 Å². The molecule has 0 saturated carbocycles. The minimum atomic E-state index is -0.761. The molecule has 0 N–H and O–H groups in total. The van der Waals surface area contributed by atoms with Gasteiger partial charge in [-0.2, -0.15) is 0 Å². The van der Waals surface area contributed by atoms with Crippen molar-refractivity contribution >= 4 is 17.9 Å². The molecule has 0 saturated heterocycles. The highest BCUT2D eigenvalue weighted by atomic mass is 16.6. The van der Waals surface area contributed by atoms with Crippen LogP contribution in [0.4, 0.5) is 0 Å². The first-order chi connectivity index (χ1) is 26.3. The molecule has 0 fully saturated rings. The Balaban J connectivity index is 4.34. The van der Waals surface area contributed by atoms with Crippen LogP contribution in [-0.2, 0) is 28.6 Å². The van der Waals surface area contributed by atoms with Gasteiger partial charge in [0.05, 0.1) is 0 Å². The van der Waals surface area contributed by atoms with Gasteiger partial charge in [0.15, 0.2) is 6.10 Å². The highest BCUT2D eigenvalue weighted by Crippen LogP contribution is 2.17. The van der Waals surface area contributed by atoms with E-state index in [0.29, 0.717) is 19.3 Å². The fourth-order valence-electron chi connectivity index (χ4n) is 7.07. The van der Waals surface area contributed by atoms with Gasteiger partial charge >= 0.3 is 17.9 Å². The average molecular weight is 765 g/mol. The Morgan fingerprint density at radius 2 is 0.704 bits per heavy atom. The van der Waals surface area contributed by atoms with Crippen molar-refractivity contribution in [2.24, 2.45) is 11.8 Å². The van der Waals surface area contributed by atoms with Crippen molar-refractivity contribution in [3.8, 4) is 0 Å². The molecular formula is C48H92O6. The quantitative estimate of drug-likeness (QED) is 0.0350. The van der Waals surface area contributed by atoms with Gasteiger partial charge in [0.2, 0.25) is 0 Å². The summed E-state index contributed by atoms with van der Waals surface area (Å²) < 4.78 is 16.7. The summed E-state index contributed by atoms with van der Waals surface area (Å²) in [4.78, 5) is 37.8. The van der Waals surface area contributed by atoms with E-state index in [9.17, 15) is 14.4 Å². The van der Waals surface area contributed by atoms with E-state index in [2.05, 4.69) is 34.6 Å². The van der Waals surface area contributed by atoms with E-state index < -0.39 is 6.10 Å². The number of unbranched alkanes of at least 4 members (excludes halogenated alkanes) is 26. The van der Waals surface area contributed by atoms with Gasteiger partial charge in [-0.05, 0) is 31.1 Å². The number of hydrogen-bond acceptors (Lipinski definition) is 6. The summed E-state index contributed by atoms with van der Waals surface area (Å²) in [5, 5.41) is 0. The van der Waals surface area contributed by atoms with Gasteiger partial charge in [-0.1, -0.05) is 221 Å². The lowest BCUT2D eigenvalue weighted by Crippen LogP contribution is -2.30. The molecule has 2 atom stereocenters. The Hall–Kier alpha value is -1.59. The molecule has 320 valence electrons. The van der Waals surface area contributed by atoms with E-state index in [1.54, 1.807) is 0 Å². The Morgan fingerprint density at radius 1 is 0.389 bits per heavy atom. The van der Waals surface area contributed by atoms with Crippen LogP contribution < -0.4 is 0 Å². The summed E-state index contributed by atoms with van der Waals surface area (Å²) in [7, 11) is 0. The molecule has 0 amide bonds. The van der Waals surface area contributed by atoms with E-state index in [4.69, 9.17) is 14.2 Å². The standard InChI is InChI=1S/C48H92O6/c1-6-8-9-10-11-12-13-16-19-22-28-33-38-46(49)52-41-45(42-53-47(50)39-34-29-25-24-27-32-37-44(5)7-2)54-48(51)40-35-30-23-20-17-14-15-18-21-26-31-36-43(3)4/h43-45H,6-42H2,1-5H3/t44?,45-/m1/s1. The van der Waals surface area contributed by atoms with Crippen LogP contribution in [0.3, 0.4) is 0 Å². The lowest BCUT2D eigenvalue weighted by molar-refractivity contribution is -0.167. The normalized spacial score (nSPS) is 12.6. The first-order valence-corrected chi connectivity index (χ1v) is 23.8. The molecular weight excluding hydrogens is 673 g/mol. The number of rotatable bonds is 42. The molecule has 6 heteroatoms. The average Bonchev–Trinajstić information content (AvgIpc) is 3.15. The van der Waals surface area contributed by atoms with Crippen LogP contribution in [0.2, 0.25) is 0 Å². The van der Waals surface area contributed by atoms with Gasteiger partial charge in [-0.15, -0.1) is 0 Å². The minimum Gasteiger partial charge on any atom is -0.462 e. The fraction of sp³-hybridized carbons (Fsp3) is 0.938. The van der Waals surface area contributed by atoms with Crippen molar-refractivity contribution in [1.29, 1.82) is 0 Å². The van der Waals surface area contributed by atoms with Gasteiger partial charge in [0.1, 0.15) is 13.2 Å². The first-order valence-electron chi connectivity index (χ1n) is 23.8. The van der Waals surface area contributed by atoms with Gasteiger partial charge in [-0.25, -0.2) is 0 Å². The van der Waals surface area contributed by atoms with Crippen LogP contribution in [0.1, 0.15) is 259 Å². The molecule has 0 bridgehead atoms. The summed E-state index contributed by atoms with van der Waals surface area (Å²) in [5.74, 6) is 0.782. The van der Waals surface area contributed by atoms with E-state index >= 15 is 0 Å². The lowest BCUT2D eigenvalue weighted by atomic mass is 10.00. The number of esters is 3. The lowest BCUT2D eigenvalue weighted by Gasteiger charge is -2.18. The molecule has 0 spiro atoms. The van der Waals surface area contributed by atoms with Crippen LogP contribution in [0, 0.1) is 11.8 Å². The number of ether oxygens (including phenoxy) is 3. The van der Waals surface area contributed by atoms with E-state index in [1.165, 1.54) is 148 Å². The predicted molar refractivity (Wildman–Crippen MR) is 229 cm³/mol. The molecule has 1 unspecified atom stereocenters. The fourth-order valence-corrected chi connectivity index (χ4v) is 7.07. The molecule has 0 rings (SSSR count). The van der Waals surface area contributed by atoms with E-state index in [1.807, 2.05) is 0 Å². The Labute approximate surface area is 336 Å². The summed E-state index contributed by atoms with van der Waals surface area (Å²) >= 11 is 0. The Kier molecular flexibility index (Phi) is 39.8. The molecule has 0 aliphatic carbocycles. The maximum atomic E-state index is 12.7. The van der Waals surface area contributed by atoms with Crippen molar-refractivity contribution < 1.29 is 28.6 Å². The monoisotopic (exact) mass is 765 g/mol. The van der Waals surface area contributed by atoms with Crippen molar-refractivity contribution in [2.75, 3.05) is 13.2 Å². The zero-order valence-corrected chi connectivity index (χ0v) is 36.8. The van der Waals surface area contributed by atoms with Crippen LogP contribution in [-0.4, -0.2) is 37.2 Å². The predicted octanol–water partition coefficient (Wildman–Crippen LogP) is 15.0.